The van der Waals surface area contributed by atoms with E-state index in [1.54, 1.807) is 11.3 Å². The topological polar surface area (TPSA) is 33.1 Å². The molecule has 4 aromatic carbocycles. The van der Waals surface area contributed by atoms with Gasteiger partial charge >= 0.3 is 0 Å². The zero-order chi connectivity index (χ0) is 16.1. The first kappa shape index (κ1) is 13.5. The van der Waals surface area contributed by atoms with Crippen LogP contribution in [0.4, 0.5) is 0 Å². The van der Waals surface area contributed by atoms with Crippen LogP contribution in [0.3, 0.4) is 0 Å². The molecule has 0 saturated carbocycles. The molecule has 0 radical (unpaired) electrons. The van der Waals surface area contributed by atoms with Crippen LogP contribution in [-0.4, -0.2) is 10.1 Å². The first-order valence-corrected chi connectivity index (χ1v) is 8.62. The third kappa shape index (κ3) is 1.92. The van der Waals surface area contributed by atoms with Gasteiger partial charge in [-0.1, -0.05) is 60.7 Å². The summed E-state index contributed by atoms with van der Waals surface area (Å²) < 4.78 is 1.16. The van der Waals surface area contributed by atoms with E-state index in [0.717, 1.165) is 31.6 Å². The van der Waals surface area contributed by atoms with Crippen molar-refractivity contribution in [3.8, 4) is 16.3 Å². The third-order valence-electron chi connectivity index (χ3n) is 4.41. The van der Waals surface area contributed by atoms with E-state index in [9.17, 15) is 5.11 Å². The molecule has 0 fully saturated rings. The van der Waals surface area contributed by atoms with Crippen molar-refractivity contribution < 1.29 is 5.11 Å². The molecule has 24 heavy (non-hydrogen) atoms. The second kappa shape index (κ2) is 5.05. The molecule has 0 bridgehead atoms. The number of thiazole rings is 1. The van der Waals surface area contributed by atoms with E-state index in [1.807, 2.05) is 42.5 Å². The summed E-state index contributed by atoms with van der Waals surface area (Å²) in [5.41, 5.74) is 1.76. The van der Waals surface area contributed by atoms with Gasteiger partial charge in [0.05, 0.1) is 15.8 Å². The molecule has 1 aromatic heterocycles. The molecule has 114 valence electrons. The monoisotopic (exact) mass is 327 g/mol. The molecule has 0 atom stereocenters. The van der Waals surface area contributed by atoms with Crippen molar-refractivity contribution in [2.45, 2.75) is 0 Å². The number of hydrogen-bond donors (Lipinski definition) is 1. The molecule has 0 saturated heterocycles. The number of aromatic hydroxyl groups is 1. The normalized spacial score (nSPS) is 11.5. The van der Waals surface area contributed by atoms with E-state index < -0.39 is 0 Å². The maximum absolute atomic E-state index is 10.7. The second-order valence-corrected chi connectivity index (χ2v) is 6.84. The van der Waals surface area contributed by atoms with E-state index in [4.69, 9.17) is 4.98 Å². The summed E-state index contributed by atoms with van der Waals surface area (Å²) in [6, 6.07) is 24.3. The van der Waals surface area contributed by atoms with Crippen molar-refractivity contribution in [3.05, 3.63) is 72.8 Å². The Bertz CT molecular complexity index is 1220. The van der Waals surface area contributed by atoms with Gasteiger partial charge < -0.3 is 5.11 Å². The van der Waals surface area contributed by atoms with Gasteiger partial charge in [0.25, 0.3) is 0 Å². The van der Waals surface area contributed by atoms with Crippen LogP contribution in [0.15, 0.2) is 72.8 Å². The number of rotatable bonds is 1. The van der Waals surface area contributed by atoms with E-state index in [1.165, 1.54) is 10.8 Å². The molecule has 2 nitrogen and oxygen atoms in total. The molecular weight excluding hydrogens is 314 g/mol. The Morgan fingerprint density at radius 3 is 2.21 bits per heavy atom. The molecular formula is C21H13NOS. The Hall–Kier alpha value is -2.91. The fourth-order valence-electron chi connectivity index (χ4n) is 3.20. The van der Waals surface area contributed by atoms with E-state index in [-0.39, 0.29) is 0 Å². The van der Waals surface area contributed by atoms with Crippen molar-refractivity contribution in [1.82, 2.24) is 4.98 Å². The zero-order valence-corrected chi connectivity index (χ0v) is 13.5. The van der Waals surface area contributed by atoms with Crippen LogP contribution in [0, 0.1) is 0 Å². The predicted octanol–water partition coefficient (Wildman–Crippen LogP) is 5.98. The minimum absolute atomic E-state index is 0.302. The Kier molecular flexibility index (Phi) is 2.84. The summed E-state index contributed by atoms with van der Waals surface area (Å²) >= 11 is 1.63. The SMILES string of the molecule is Oc1c(-c2nc3ccc4ccccc4c3s2)ccc2ccccc12. The number of nitrogens with zero attached hydrogens (tertiary/aromatic N) is 1. The van der Waals surface area contributed by atoms with Crippen LogP contribution in [-0.2, 0) is 0 Å². The molecule has 5 rings (SSSR count). The quantitative estimate of drug-likeness (QED) is 0.411. The summed E-state index contributed by atoms with van der Waals surface area (Å²) in [5, 5.41) is 15.9. The van der Waals surface area contributed by atoms with Crippen molar-refractivity contribution in [1.29, 1.82) is 0 Å². The Morgan fingerprint density at radius 1 is 0.708 bits per heavy atom. The Labute approximate surface area is 142 Å². The summed E-state index contributed by atoms with van der Waals surface area (Å²) in [5.74, 6) is 0.302. The largest absolute Gasteiger partial charge is 0.507 e. The molecule has 5 aromatic rings. The van der Waals surface area contributed by atoms with Crippen LogP contribution < -0.4 is 0 Å². The molecule has 1 N–H and O–H groups in total. The standard InChI is InChI=1S/C21H13NOS/c23-19-15-7-3-1-5-13(15)9-11-17(19)21-22-18-12-10-14-6-2-4-8-16(14)20(18)24-21/h1-12,23H. The molecule has 0 amide bonds. The smallest absolute Gasteiger partial charge is 0.133 e. The fourth-order valence-corrected chi connectivity index (χ4v) is 4.32. The lowest BCUT2D eigenvalue weighted by Gasteiger charge is -2.05. The number of fused-ring (bicyclic) bond motifs is 4. The number of aromatic nitrogens is 1. The van der Waals surface area contributed by atoms with Crippen molar-refractivity contribution >= 4 is 43.1 Å². The van der Waals surface area contributed by atoms with Crippen LogP contribution in [0.25, 0.3) is 42.3 Å². The molecule has 0 spiro atoms. The molecule has 0 aliphatic heterocycles. The number of hydrogen-bond acceptors (Lipinski definition) is 3. The van der Waals surface area contributed by atoms with Gasteiger partial charge in [-0.2, -0.15) is 0 Å². The minimum atomic E-state index is 0.302. The number of benzene rings is 4. The highest BCUT2D eigenvalue weighted by Gasteiger charge is 2.14. The van der Waals surface area contributed by atoms with Crippen LogP contribution in [0.5, 0.6) is 5.75 Å². The molecule has 0 unspecified atom stereocenters. The van der Waals surface area contributed by atoms with Gasteiger partial charge in [0.2, 0.25) is 0 Å². The fraction of sp³-hybridized carbons (Fsp3) is 0. The molecule has 0 aliphatic rings. The van der Waals surface area contributed by atoms with E-state index >= 15 is 0 Å². The van der Waals surface area contributed by atoms with Gasteiger partial charge in [-0.05, 0) is 22.9 Å². The van der Waals surface area contributed by atoms with E-state index in [2.05, 4.69) is 30.3 Å². The predicted molar refractivity (Wildman–Crippen MR) is 102 cm³/mol. The van der Waals surface area contributed by atoms with Crippen LogP contribution in [0.1, 0.15) is 0 Å². The maximum atomic E-state index is 10.7. The highest BCUT2D eigenvalue weighted by molar-refractivity contribution is 7.22. The van der Waals surface area contributed by atoms with Gasteiger partial charge in [0, 0.05) is 10.8 Å². The minimum Gasteiger partial charge on any atom is -0.507 e. The lowest BCUT2D eigenvalue weighted by Crippen LogP contribution is -1.80. The van der Waals surface area contributed by atoms with Gasteiger partial charge in [-0.25, -0.2) is 4.98 Å². The highest BCUT2D eigenvalue weighted by atomic mass is 32.1. The molecule has 3 heteroatoms. The zero-order valence-electron chi connectivity index (χ0n) is 12.7. The molecule has 0 aliphatic carbocycles. The maximum Gasteiger partial charge on any atom is 0.133 e. The third-order valence-corrected chi connectivity index (χ3v) is 5.55. The molecule has 1 heterocycles. The summed E-state index contributed by atoms with van der Waals surface area (Å²) in [7, 11) is 0. The van der Waals surface area contributed by atoms with Crippen LogP contribution in [0.2, 0.25) is 0 Å². The lowest BCUT2D eigenvalue weighted by molar-refractivity contribution is 0.483. The average Bonchev–Trinajstić information content (AvgIpc) is 3.07. The number of phenols is 1. The van der Waals surface area contributed by atoms with Gasteiger partial charge in [-0.3, -0.25) is 0 Å². The first-order chi connectivity index (χ1) is 11.8. The lowest BCUT2D eigenvalue weighted by atomic mass is 10.1. The van der Waals surface area contributed by atoms with E-state index in [0.29, 0.717) is 5.75 Å². The Balaban J connectivity index is 1.80. The van der Waals surface area contributed by atoms with Crippen molar-refractivity contribution in [3.63, 3.8) is 0 Å². The second-order valence-electron chi connectivity index (χ2n) is 5.84. The van der Waals surface area contributed by atoms with Gasteiger partial charge in [0.15, 0.2) is 0 Å². The summed E-state index contributed by atoms with van der Waals surface area (Å²) in [6.07, 6.45) is 0. The van der Waals surface area contributed by atoms with Gasteiger partial charge in [-0.15, -0.1) is 11.3 Å². The average molecular weight is 327 g/mol. The Morgan fingerprint density at radius 2 is 1.38 bits per heavy atom. The van der Waals surface area contributed by atoms with Gasteiger partial charge in [0.1, 0.15) is 10.8 Å². The highest BCUT2D eigenvalue weighted by Crippen LogP contribution is 2.40. The first-order valence-electron chi connectivity index (χ1n) is 7.81. The summed E-state index contributed by atoms with van der Waals surface area (Å²) in [4.78, 5) is 4.76. The number of phenolic OH excluding ortho intramolecular Hbond substituents is 1. The summed E-state index contributed by atoms with van der Waals surface area (Å²) in [6.45, 7) is 0. The van der Waals surface area contributed by atoms with Crippen molar-refractivity contribution in [2.75, 3.05) is 0 Å². The van der Waals surface area contributed by atoms with Crippen molar-refractivity contribution in [2.24, 2.45) is 0 Å². The van der Waals surface area contributed by atoms with Crippen LogP contribution >= 0.6 is 11.3 Å².